The van der Waals surface area contributed by atoms with Crippen molar-refractivity contribution in [1.29, 1.82) is 0 Å². The quantitative estimate of drug-likeness (QED) is 0.184. The summed E-state index contributed by atoms with van der Waals surface area (Å²) in [5.41, 5.74) is 0.600. The van der Waals surface area contributed by atoms with Crippen LogP contribution in [-0.2, 0) is 28.2 Å². The number of phosphoric ester groups is 1. The molecule has 0 saturated carbocycles. The molecule has 27 heavy (non-hydrogen) atoms. The van der Waals surface area contributed by atoms with Gasteiger partial charge in [-0.25, -0.2) is 14.2 Å². The van der Waals surface area contributed by atoms with Crippen molar-refractivity contribution in [2.75, 3.05) is 13.2 Å². The second-order valence-corrected chi connectivity index (χ2v) is 7.66. The molecule has 0 fully saturated rings. The van der Waals surface area contributed by atoms with E-state index in [0.29, 0.717) is 18.6 Å². The molecule has 0 aliphatic rings. The topological polar surface area (TPSA) is 119 Å². The van der Waals surface area contributed by atoms with Gasteiger partial charge in [0.1, 0.15) is 6.10 Å². The van der Waals surface area contributed by atoms with Crippen LogP contribution >= 0.6 is 7.82 Å². The number of ether oxygens (including phenoxy) is 2. The number of carbonyl (C=O) groups excluding carboxylic acids is 2. The Morgan fingerprint density at radius 2 is 1.44 bits per heavy atom. The molecule has 156 valence electrons. The van der Waals surface area contributed by atoms with E-state index in [-0.39, 0.29) is 18.1 Å². The van der Waals surface area contributed by atoms with Gasteiger partial charge in [0.15, 0.2) is 0 Å². The van der Waals surface area contributed by atoms with E-state index < -0.39 is 19.9 Å². The van der Waals surface area contributed by atoms with E-state index in [0.717, 1.165) is 38.5 Å². The molecule has 0 amide bonds. The first-order valence-electron chi connectivity index (χ1n) is 8.92. The molecule has 0 saturated heterocycles. The van der Waals surface area contributed by atoms with Gasteiger partial charge in [0.2, 0.25) is 0 Å². The van der Waals surface area contributed by atoms with Crippen molar-refractivity contribution in [2.45, 2.75) is 64.9 Å². The highest BCUT2D eigenvalue weighted by Gasteiger charge is 2.21. The summed E-state index contributed by atoms with van der Waals surface area (Å²) in [7, 11) is -4.62. The van der Waals surface area contributed by atoms with Crippen molar-refractivity contribution in [1.82, 2.24) is 0 Å². The second kappa shape index (κ2) is 13.7. The van der Waals surface area contributed by atoms with Crippen LogP contribution in [0.5, 0.6) is 0 Å². The van der Waals surface area contributed by atoms with Crippen molar-refractivity contribution in [2.24, 2.45) is 0 Å². The van der Waals surface area contributed by atoms with Crippen LogP contribution in [0.15, 0.2) is 24.3 Å². The third kappa shape index (κ3) is 15.3. The van der Waals surface area contributed by atoms with Gasteiger partial charge in [-0.2, -0.15) is 0 Å². The maximum absolute atomic E-state index is 11.6. The zero-order valence-electron chi connectivity index (χ0n) is 16.1. The van der Waals surface area contributed by atoms with Crippen LogP contribution in [0, 0.1) is 0 Å². The molecule has 9 heteroatoms. The van der Waals surface area contributed by atoms with Gasteiger partial charge >= 0.3 is 19.8 Å². The van der Waals surface area contributed by atoms with Gasteiger partial charge in [0, 0.05) is 11.1 Å². The molecule has 8 nitrogen and oxygen atoms in total. The first kappa shape index (κ1) is 25.5. The summed E-state index contributed by atoms with van der Waals surface area (Å²) in [5, 5.41) is 0. The molecule has 1 atom stereocenters. The van der Waals surface area contributed by atoms with E-state index in [4.69, 9.17) is 19.3 Å². The van der Waals surface area contributed by atoms with Crippen molar-refractivity contribution in [3.05, 3.63) is 24.3 Å². The summed E-state index contributed by atoms with van der Waals surface area (Å²) < 4.78 is 25.4. The maximum atomic E-state index is 11.6. The molecule has 0 bridgehead atoms. The molecule has 0 aromatic heterocycles. The van der Waals surface area contributed by atoms with Gasteiger partial charge in [-0.3, -0.25) is 4.52 Å². The molecule has 0 rings (SSSR count). The zero-order chi connectivity index (χ0) is 20.9. The molecule has 0 spiro atoms. The van der Waals surface area contributed by atoms with Crippen LogP contribution in [0.25, 0.3) is 0 Å². The molecule has 1 unspecified atom stereocenters. The van der Waals surface area contributed by atoms with Crippen molar-refractivity contribution in [3.63, 3.8) is 0 Å². The molecular formula is C18H31O8P. The highest BCUT2D eigenvalue weighted by atomic mass is 31.2. The lowest BCUT2D eigenvalue weighted by Crippen LogP contribution is -2.23. The highest BCUT2D eigenvalue weighted by Crippen LogP contribution is 2.36. The number of unbranched alkanes of at least 4 members (excludes halogenated alkanes) is 5. The van der Waals surface area contributed by atoms with E-state index >= 15 is 0 Å². The Morgan fingerprint density at radius 1 is 0.926 bits per heavy atom. The maximum Gasteiger partial charge on any atom is 0.469 e. The Balaban J connectivity index is 3.96. The fourth-order valence-corrected chi connectivity index (χ4v) is 2.44. The SMILES string of the molecule is C=C(C)C(=O)OCCCCCCCCC(COP(=O)(O)O)OC(=O)C(=C)C. The fourth-order valence-electron chi connectivity index (χ4n) is 2.08. The Labute approximate surface area is 160 Å². The summed E-state index contributed by atoms with van der Waals surface area (Å²) in [6, 6.07) is 0. The second-order valence-electron chi connectivity index (χ2n) is 6.42. The Hall–Kier alpha value is -1.47. The average Bonchev–Trinajstić information content (AvgIpc) is 2.56. The average molecular weight is 406 g/mol. The summed E-state index contributed by atoms with van der Waals surface area (Å²) in [5.74, 6) is -0.985. The first-order valence-corrected chi connectivity index (χ1v) is 10.4. The minimum Gasteiger partial charge on any atom is -0.462 e. The number of hydrogen-bond acceptors (Lipinski definition) is 6. The third-order valence-corrected chi connectivity index (χ3v) is 4.04. The lowest BCUT2D eigenvalue weighted by Gasteiger charge is -2.18. The molecule has 0 radical (unpaired) electrons. The van der Waals surface area contributed by atoms with E-state index in [1.165, 1.54) is 6.92 Å². The number of rotatable bonds is 15. The van der Waals surface area contributed by atoms with Gasteiger partial charge in [-0.05, 0) is 33.1 Å². The molecular weight excluding hydrogens is 375 g/mol. The van der Waals surface area contributed by atoms with E-state index in [1.807, 2.05) is 0 Å². The lowest BCUT2D eigenvalue weighted by molar-refractivity contribution is -0.146. The first-order chi connectivity index (χ1) is 12.5. The Kier molecular flexibility index (Phi) is 12.9. The third-order valence-electron chi connectivity index (χ3n) is 3.55. The Bertz CT molecular complexity index is 552. The van der Waals surface area contributed by atoms with Crippen LogP contribution in [-0.4, -0.2) is 41.0 Å². The minimum atomic E-state index is -4.62. The standard InChI is InChI=1S/C18H31O8P/c1-14(2)17(19)24-12-10-8-6-5-7-9-11-16(13-25-27(21,22)23)26-18(20)15(3)4/h16H,1,3,5-13H2,2,4H3,(H2,21,22,23). The van der Waals surface area contributed by atoms with Gasteiger partial charge in [0.25, 0.3) is 0 Å². The normalized spacial score (nSPS) is 12.3. The Morgan fingerprint density at radius 3 is 1.96 bits per heavy atom. The van der Waals surface area contributed by atoms with Crippen LogP contribution in [0.2, 0.25) is 0 Å². The van der Waals surface area contributed by atoms with Crippen LogP contribution in [0.1, 0.15) is 58.8 Å². The van der Waals surface area contributed by atoms with Crippen LogP contribution in [0.4, 0.5) is 0 Å². The summed E-state index contributed by atoms with van der Waals surface area (Å²) >= 11 is 0. The van der Waals surface area contributed by atoms with Crippen LogP contribution < -0.4 is 0 Å². The fraction of sp³-hybridized carbons (Fsp3) is 0.667. The lowest BCUT2D eigenvalue weighted by atomic mass is 10.1. The zero-order valence-corrected chi connectivity index (χ0v) is 17.0. The van der Waals surface area contributed by atoms with E-state index in [2.05, 4.69) is 17.7 Å². The summed E-state index contributed by atoms with van der Waals surface area (Å²) in [4.78, 5) is 40.3. The predicted octanol–water partition coefficient (Wildman–Crippen LogP) is 3.43. The number of carbonyl (C=O) groups is 2. The van der Waals surface area contributed by atoms with E-state index in [9.17, 15) is 14.2 Å². The molecule has 0 aromatic rings. The molecule has 0 heterocycles. The van der Waals surface area contributed by atoms with Crippen molar-refractivity contribution >= 4 is 19.8 Å². The minimum absolute atomic E-state index is 0.212. The molecule has 0 aliphatic carbocycles. The summed E-state index contributed by atoms with van der Waals surface area (Å²) in [6.45, 7) is 10.1. The monoisotopic (exact) mass is 406 g/mol. The largest absolute Gasteiger partial charge is 0.469 e. The number of phosphoric acid groups is 1. The van der Waals surface area contributed by atoms with Crippen molar-refractivity contribution < 1.29 is 37.9 Å². The number of esters is 2. The van der Waals surface area contributed by atoms with Gasteiger partial charge in [-0.1, -0.05) is 38.8 Å². The van der Waals surface area contributed by atoms with Gasteiger partial charge < -0.3 is 19.3 Å². The van der Waals surface area contributed by atoms with E-state index in [1.54, 1.807) is 6.92 Å². The highest BCUT2D eigenvalue weighted by molar-refractivity contribution is 7.46. The van der Waals surface area contributed by atoms with Crippen molar-refractivity contribution in [3.8, 4) is 0 Å². The predicted molar refractivity (Wildman–Crippen MR) is 101 cm³/mol. The smallest absolute Gasteiger partial charge is 0.462 e. The number of hydrogen-bond donors (Lipinski definition) is 2. The molecule has 0 aliphatic heterocycles. The summed E-state index contributed by atoms with van der Waals surface area (Å²) in [6.07, 6.45) is 4.95. The van der Waals surface area contributed by atoms with Crippen LogP contribution in [0.3, 0.4) is 0 Å². The van der Waals surface area contributed by atoms with Gasteiger partial charge in [-0.15, -0.1) is 0 Å². The van der Waals surface area contributed by atoms with Gasteiger partial charge in [0.05, 0.1) is 13.2 Å². The molecule has 2 N–H and O–H groups in total. The molecule has 0 aromatic carbocycles.